The molecule has 0 saturated carbocycles. The summed E-state index contributed by atoms with van der Waals surface area (Å²) < 4.78 is 0. The first kappa shape index (κ1) is 12.9. The Morgan fingerprint density at radius 3 is 2.57 bits per heavy atom. The van der Waals surface area contributed by atoms with E-state index in [0.717, 1.165) is 12.1 Å². The van der Waals surface area contributed by atoms with Crippen molar-refractivity contribution in [1.29, 1.82) is 0 Å². The molecule has 78 valence electrons. The van der Waals surface area contributed by atoms with Crippen LogP contribution in [0.2, 0.25) is 0 Å². The lowest BCUT2D eigenvalue weighted by Gasteiger charge is -2.15. The minimum Gasteiger partial charge on any atom is -0.331 e. The van der Waals surface area contributed by atoms with Crippen LogP contribution in [0.15, 0.2) is 11.6 Å². The quantitative estimate of drug-likeness (QED) is 0.512. The summed E-state index contributed by atoms with van der Waals surface area (Å²) in [6.07, 6.45) is 7.73. The molecule has 0 saturated heterocycles. The lowest BCUT2D eigenvalue weighted by molar-refractivity contribution is -0.705. The Balaban J connectivity index is 3.89. The second kappa shape index (κ2) is 5.62. The average molecular weight is 194 g/mol. The molecule has 0 aromatic heterocycles. The van der Waals surface area contributed by atoms with E-state index in [1.54, 1.807) is 0 Å². The number of ketones is 1. The van der Waals surface area contributed by atoms with Gasteiger partial charge < -0.3 is 5.32 Å². The maximum Gasteiger partial charge on any atom is 0.163 e. The molecular weight excluding hydrogens is 174 g/mol. The van der Waals surface area contributed by atoms with E-state index < -0.39 is 0 Å². The van der Waals surface area contributed by atoms with E-state index >= 15 is 0 Å². The zero-order valence-electron chi connectivity index (χ0n) is 9.55. The van der Waals surface area contributed by atoms with Crippen molar-refractivity contribution >= 4 is 5.78 Å². The minimum absolute atomic E-state index is 0.204. The van der Waals surface area contributed by atoms with Crippen molar-refractivity contribution < 1.29 is 10.1 Å². The Morgan fingerprint density at radius 2 is 2.14 bits per heavy atom. The van der Waals surface area contributed by atoms with Crippen molar-refractivity contribution in [2.24, 2.45) is 0 Å². The van der Waals surface area contributed by atoms with Gasteiger partial charge in [0.1, 0.15) is 0 Å². The Kier molecular flexibility index (Phi) is 5.19. The summed E-state index contributed by atoms with van der Waals surface area (Å²) in [5, 5.41) is 2.02. The Bertz CT molecular complexity index is 269. The average Bonchev–Trinajstić information content (AvgIpc) is 2.16. The van der Waals surface area contributed by atoms with Gasteiger partial charge >= 0.3 is 0 Å². The molecule has 0 aliphatic rings. The van der Waals surface area contributed by atoms with Crippen LogP contribution >= 0.6 is 0 Å². The summed E-state index contributed by atoms with van der Waals surface area (Å²) in [4.78, 5) is 11.4. The number of allylic oxidation sites excluding steroid dienone is 2. The van der Waals surface area contributed by atoms with Crippen LogP contribution in [-0.4, -0.2) is 17.9 Å². The Hall–Kier alpha value is -1.07. The zero-order chi connectivity index (χ0) is 11.2. The molecule has 0 aromatic rings. The summed E-state index contributed by atoms with van der Waals surface area (Å²) in [6.45, 7) is 8.41. The molecule has 14 heavy (non-hydrogen) atoms. The van der Waals surface area contributed by atoms with Crippen molar-refractivity contribution in [1.82, 2.24) is 0 Å². The van der Waals surface area contributed by atoms with E-state index in [2.05, 4.69) is 5.92 Å². The fraction of sp³-hybridized carbons (Fsp3) is 0.583. The lowest BCUT2D eigenvalue weighted by atomic mass is 10.1. The number of terminal acetylenes is 1. The standard InChI is InChI=1S/C12H19NO/c1-6-10(3)11(14)8-9-13-12(4,5)7-2/h2,6,13H,8-9H2,1,3-5H3/p+1/b10-6+. The van der Waals surface area contributed by atoms with Gasteiger partial charge in [-0.1, -0.05) is 6.08 Å². The van der Waals surface area contributed by atoms with E-state index in [1.165, 1.54) is 0 Å². The molecule has 0 atom stereocenters. The first-order chi connectivity index (χ1) is 6.43. The molecule has 2 N–H and O–H groups in total. The van der Waals surface area contributed by atoms with Crippen molar-refractivity contribution in [2.75, 3.05) is 6.54 Å². The Morgan fingerprint density at radius 1 is 1.57 bits per heavy atom. The number of hydrogen-bond donors (Lipinski definition) is 1. The van der Waals surface area contributed by atoms with Crippen LogP contribution < -0.4 is 5.32 Å². The normalized spacial score (nSPS) is 12.4. The van der Waals surface area contributed by atoms with Gasteiger partial charge in [0.25, 0.3) is 0 Å². The van der Waals surface area contributed by atoms with Crippen LogP contribution in [0.25, 0.3) is 0 Å². The lowest BCUT2D eigenvalue weighted by Crippen LogP contribution is -2.95. The van der Waals surface area contributed by atoms with Gasteiger partial charge in [0.15, 0.2) is 11.3 Å². The third-order valence-corrected chi connectivity index (χ3v) is 2.27. The molecule has 0 aromatic carbocycles. The molecule has 0 amide bonds. The summed E-state index contributed by atoms with van der Waals surface area (Å²) in [6, 6.07) is 0. The first-order valence-electron chi connectivity index (χ1n) is 4.91. The molecule has 0 bridgehead atoms. The van der Waals surface area contributed by atoms with Gasteiger partial charge in [-0.25, -0.2) is 0 Å². The van der Waals surface area contributed by atoms with E-state index in [0.29, 0.717) is 6.42 Å². The van der Waals surface area contributed by atoms with Gasteiger partial charge in [-0.3, -0.25) is 4.79 Å². The number of quaternary nitrogens is 1. The van der Waals surface area contributed by atoms with E-state index in [9.17, 15) is 4.79 Å². The summed E-state index contributed by atoms with van der Waals surface area (Å²) in [7, 11) is 0. The number of Topliss-reactive ketones (excluding diaryl/α,β-unsaturated/α-hetero) is 1. The monoisotopic (exact) mass is 194 g/mol. The van der Waals surface area contributed by atoms with Crippen molar-refractivity contribution in [3.63, 3.8) is 0 Å². The Labute approximate surface area is 86.8 Å². The minimum atomic E-state index is -0.204. The van der Waals surface area contributed by atoms with E-state index in [-0.39, 0.29) is 11.3 Å². The largest absolute Gasteiger partial charge is 0.331 e. The second-order valence-electron chi connectivity index (χ2n) is 4.00. The summed E-state index contributed by atoms with van der Waals surface area (Å²) in [5.41, 5.74) is 0.626. The van der Waals surface area contributed by atoms with Crippen LogP contribution in [0.3, 0.4) is 0 Å². The number of nitrogens with two attached hydrogens (primary N) is 1. The third kappa shape index (κ3) is 4.84. The van der Waals surface area contributed by atoms with Gasteiger partial charge in [0, 0.05) is 13.8 Å². The van der Waals surface area contributed by atoms with Gasteiger partial charge in [-0.2, -0.15) is 0 Å². The molecule has 0 radical (unpaired) electrons. The molecule has 0 rings (SSSR count). The predicted molar refractivity (Wildman–Crippen MR) is 58.8 cm³/mol. The molecule has 0 heterocycles. The highest BCUT2D eigenvalue weighted by atomic mass is 16.1. The molecule has 0 unspecified atom stereocenters. The van der Waals surface area contributed by atoms with Crippen molar-refractivity contribution in [3.8, 4) is 12.3 Å². The molecule has 2 nitrogen and oxygen atoms in total. The van der Waals surface area contributed by atoms with Crippen LogP contribution in [0.4, 0.5) is 0 Å². The van der Waals surface area contributed by atoms with Crippen LogP contribution in [0.1, 0.15) is 34.1 Å². The number of rotatable bonds is 5. The van der Waals surface area contributed by atoms with Gasteiger partial charge in [-0.15, -0.1) is 6.42 Å². The fourth-order valence-electron chi connectivity index (χ4n) is 0.981. The molecule has 0 aliphatic carbocycles. The van der Waals surface area contributed by atoms with Crippen LogP contribution in [0.5, 0.6) is 0 Å². The SMILES string of the molecule is C#CC(C)(C)[NH2+]CCC(=O)/C(C)=C/C. The maximum atomic E-state index is 11.4. The topological polar surface area (TPSA) is 33.7 Å². The number of carbonyl (C=O) groups is 1. The highest BCUT2D eigenvalue weighted by Crippen LogP contribution is 1.97. The molecule has 2 heteroatoms. The fourth-order valence-corrected chi connectivity index (χ4v) is 0.981. The van der Waals surface area contributed by atoms with E-state index in [4.69, 9.17) is 6.42 Å². The molecule has 0 aliphatic heterocycles. The number of carbonyl (C=O) groups excluding carboxylic acids is 1. The van der Waals surface area contributed by atoms with Crippen molar-refractivity contribution in [3.05, 3.63) is 11.6 Å². The van der Waals surface area contributed by atoms with Crippen molar-refractivity contribution in [2.45, 2.75) is 39.7 Å². The first-order valence-corrected chi connectivity index (χ1v) is 4.91. The highest BCUT2D eigenvalue weighted by Gasteiger charge is 2.17. The summed E-state index contributed by atoms with van der Waals surface area (Å²) in [5.74, 6) is 2.88. The smallest absolute Gasteiger partial charge is 0.163 e. The van der Waals surface area contributed by atoms with Crippen LogP contribution in [-0.2, 0) is 4.79 Å². The highest BCUT2D eigenvalue weighted by molar-refractivity contribution is 5.94. The van der Waals surface area contributed by atoms with Gasteiger partial charge in [0.05, 0.1) is 13.0 Å². The second-order valence-corrected chi connectivity index (χ2v) is 4.00. The van der Waals surface area contributed by atoms with Gasteiger partial charge in [-0.05, 0) is 25.3 Å². The predicted octanol–water partition coefficient (Wildman–Crippen LogP) is 0.887. The van der Waals surface area contributed by atoms with Crippen LogP contribution in [0, 0.1) is 12.3 Å². The van der Waals surface area contributed by atoms with E-state index in [1.807, 2.05) is 39.1 Å². The zero-order valence-corrected chi connectivity index (χ0v) is 9.55. The summed E-state index contributed by atoms with van der Waals surface area (Å²) >= 11 is 0. The molecule has 0 fully saturated rings. The maximum absolute atomic E-state index is 11.4. The molecule has 0 spiro atoms. The molecular formula is C12H20NO+. The number of hydrogen-bond acceptors (Lipinski definition) is 1. The van der Waals surface area contributed by atoms with Gasteiger partial charge in [0.2, 0.25) is 0 Å². The third-order valence-electron chi connectivity index (χ3n) is 2.27.